The number of hydrogen-bond acceptors (Lipinski definition) is 4. The highest BCUT2D eigenvalue weighted by Crippen LogP contribution is 2.18. The van der Waals surface area contributed by atoms with Gasteiger partial charge in [0.25, 0.3) is 0 Å². The zero-order valence-electron chi connectivity index (χ0n) is 13.0. The lowest BCUT2D eigenvalue weighted by Crippen LogP contribution is -2.44. The van der Waals surface area contributed by atoms with Crippen LogP contribution in [-0.2, 0) is 9.59 Å². The number of amides is 2. The maximum atomic E-state index is 12.5. The Labute approximate surface area is 134 Å². The van der Waals surface area contributed by atoms with Gasteiger partial charge in [-0.1, -0.05) is 13.0 Å². The second-order valence-electron chi connectivity index (χ2n) is 5.47. The van der Waals surface area contributed by atoms with Gasteiger partial charge in [-0.05, 0) is 25.0 Å². The molecule has 7 heteroatoms. The summed E-state index contributed by atoms with van der Waals surface area (Å²) in [7, 11) is 0. The molecule has 1 aliphatic rings. The summed E-state index contributed by atoms with van der Waals surface area (Å²) < 4.78 is 1.59. The molecule has 0 spiro atoms. The number of anilines is 1. The van der Waals surface area contributed by atoms with E-state index in [9.17, 15) is 9.59 Å². The molecule has 2 amide bonds. The fourth-order valence-corrected chi connectivity index (χ4v) is 2.77. The van der Waals surface area contributed by atoms with Crippen LogP contribution >= 0.6 is 0 Å². The highest BCUT2D eigenvalue weighted by molar-refractivity contribution is 5.97. The lowest BCUT2D eigenvalue weighted by atomic mass is 10.2. The van der Waals surface area contributed by atoms with Crippen LogP contribution in [0.5, 0.6) is 0 Å². The van der Waals surface area contributed by atoms with Crippen molar-refractivity contribution in [1.29, 1.82) is 0 Å². The number of rotatable bonds is 5. The molecule has 1 aliphatic heterocycles. The Kier molecular flexibility index (Phi) is 4.36. The summed E-state index contributed by atoms with van der Waals surface area (Å²) in [6, 6.07) is 5.10. The van der Waals surface area contributed by atoms with E-state index < -0.39 is 6.04 Å². The van der Waals surface area contributed by atoms with Crippen LogP contribution in [0.4, 0.5) is 5.69 Å². The van der Waals surface area contributed by atoms with Crippen LogP contribution < -0.4 is 5.32 Å². The van der Waals surface area contributed by atoms with Gasteiger partial charge in [-0.3, -0.25) is 9.59 Å². The molecule has 0 bridgehead atoms. The number of carbonyl (C=O) groups is 2. The van der Waals surface area contributed by atoms with Crippen LogP contribution in [0, 0.1) is 0 Å². The van der Waals surface area contributed by atoms with Crippen molar-refractivity contribution in [2.75, 3.05) is 11.9 Å². The zero-order valence-corrected chi connectivity index (χ0v) is 13.0. The molecule has 7 nitrogen and oxygen atoms in total. The van der Waals surface area contributed by atoms with Gasteiger partial charge < -0.3 is 10.2 Å². The Hall–Kier alpha value is -2.70. The molecule has 0 aliphatic carbocycles. The molecular weight excluding hydrogens is 294 g/mol. The van der Waals surface area contributed by atoms with Gasteiger partial charge in [-0.25, -0.2) is 9.67 Å². The third-order valence-corrected chi connectivity index (χ3v) is 3.91. The molecule has 1 atom stereocenters. The first kappa shape index (κ1) is 15.2. The topological polar surface area (TPSA) is 80.1 Å². The highest BCUT2D eigenvalue weighted by atomic mass is 16.2. The van der Waals surface area contributed by atoms with Crippen molar-refractivity contribution in [2.24, 2.45) is 0 Å². The highest BCUT2D eigenvalue weighted by Gasteiger charge is 2.31. The third kappa shape index (κ3) is 3.23. The molecule has 23 heavy (non-hydrogen) atoms. The SMILES string of the molecule is CC[C@H](C(=O)Nc1cnn(-c2ccccn2)c1)N1CCCC1=O. The summed E-state index contributed by atoms with van der Waals surface area (Å²) in [4.78, 5) is 30.2. The van der Waals surface area contributed by atoms with E-state index in [2.05, 4.69) is 15.4 Å². The lowest BCUT2D eigenvalue weighted by molar-refractivity contribution is -0.135. The van der Waals surface area contributed by atoms with Crippen LogP contribution in [0.3, 0.4) is 0 Å². The minimum Gasteiger partial charge on any atom is -0.331 e. The van der Waals surface area contributed by atoms with E-state index in [1.54, 1.807) is 28.2 Å². The Balaban J connectivity index is 1.70. The van der Waals surface area contributed by atoms with Crippen molar-refractivity contribution in [3.05, 3.63) is 36.8 Å². The minimum absolute atomic E-state index is 0.0520. The largest absolute Gasteiger partial charge is 0.331 e. The van der Waals surface area contributed by atoms with E-state index in [0.717, 1.165) is 6.42 Å². The van der Waals surface area contributed by atoms with Gasteiger partial charge in [0.1, 0.15) is 6.04 Å². The second kappa shape index (κ2) is 6.60. The Morgan fingerprint density at radius 2 is 2.30 bits per heavy atom. The third-order valence-electron chi connectivity index (χ3n) is 3.91. The average molecular weight is 313 g/mol. The molecule has 0 unspecified atom stereocenters. The van der Waals surface area contributed by atoms with Crippen molar-refractivity contribution in [1.82, 2.24) is 19.7 Å². The molecule has 0 aromatic carbocycles. The number of nitrogens with zero attached hydrogens (tertiary/aromatic N) is 4. The van der Waals surface area contributed by atoms with Crippen LogP contribution in [0.15, 0.2) is 36.8 Å². The first-order valence-electron chi connectivity index (χ1n) is 7.75. The van der Waals surface area contributed by atoms with Crippen LogP contribution in [0.25, 0.3) is 5.82 Å². The first-order chi connectivity index (χ1) is 11.2. The molecule has 3 rings (SSSR count). The van der Waals surface area contributed by atoms with E-state index in [-0.39, 0.29) is 11.8 Å². The number of carbonyl (C=O) groups excluding carboxylic acids is 2. The molecule has 1 fully saturated rings. The predicted molar refractivity (Wildman–Crippen MR) is 85.0 cm³/mol. The molecule has 2 aromatic heterocycles. The molecule has 0 saturated carbocycles. The Bertz CT molecular complexity index is 698. The summed E-state index contributed by atoms with van der Waals surface area (Å²) in [5.41, 5.74) is 0.589. The normalized spacial score (nSPS) is 15.7. The Morgan fingerprint density at radius 3 is 2.96 bits per heavy atom. The molecule has 2 aromatic rings. The maximum absolute atomic E-state index is 12.5. The smallest absolute Gasteiger partial charge is 0.247 e. The van der Waals surface area contributed by atoms with Gasteiger partial charge in [0.05, 0.1) is 18.1 Å². The summed E-state index contributed by atoms with van der Waals surface area (Å²) in [5, 5.41) is 7.03. The summed E-state index contributed by atoms with van der Waals surface area (Å²) >= 11 is 0. The first-order valence-corrected chi connectivity index (χ1v) is 7.75. The molecule has 0 radical (unpaired) electrons. The van der Waals surface area contributed by atoms with Gasteiger partial charge in [0.2, 0.25) is 11.8 Å². The average Bonchev–Trinajstić information content (AvgIpc) is 3.19. The van der Waals surface area contributed by atoms with Crippen molar-refractivity contribution >= 4 is 17.5 Å². The van der Waals surface area contributed by atoms with Crippen LogP contribution in [0.1, 0.15) is 26.2 Å². The van der Waals surface area contributed by atoms with Crippen LogP contribution in [-0.4, -0.2) is 44.1 Å². The molecular formula is C16H19N5O2. The van der Waals surface area contributed by atoms with Gasteiger partial charge in [-0.2, -0.15) is 5.10 Å². The summed E-state index contributed by atoms with van der Waals surface area (Å²) in [6.07, 6.45) is 6.90. The van der Waals surface area contributed by atoms with Gasteiger partial charge in [0, 0.05) is 19.2 Å². The van der Waals surface area contributed by atoms with E-state index in [1.165, 1.54) is 0 Å². The van der Waals surface area contributed by atoms with Crippen molar-refractivity contribution < 1.29 is 9.59 Å². The number of pyridine rings is 1. The molecule has 1 saturated heterocycles. The van der Waals surface area contributed by atoms with E-state index in [1.807, 2.05) is 25.1 Å². The second-order valence-corrected chi connectivity index (χ2v) is 5.47. The van der Waals surface area contributed by atoms with E-state index >= 15 is 0 Å². The van der Waals surface area contributed by atoms with Gasteiger partial charge in [0.15, 0.2) is 5.82 Å². The number of hydrogen-bond donors (Lipinski definition) is 1. The minimum atomic E-state index is -0.428. The van der Waals surface area contributed by atoms with Crippen LogP contribution in [0.2, 0.25) is 0 Å². The quantitative estimate of drug-likeness (QED) is 0.909. The number of aromatic nitrogens is 3. The van der Waals surface area contributed by atoms with Crippen molar-refractivity contribution in [2.45, 2.75) is 32.2 Å². The van der Waals surface area contributed by atoms with Gasteiger partial charge in [-0.15, -0.1) is 0 Å². The lowest BCUT2D eigenvalue weighted by Gasteiger charge is -2.25. The fourth-order valence-electron chi connectivity index (χ4n) is 2.77. The van der Waals surface area contributed by atoms with E-state index in [4.69, 9.17) is 0 Å². The molecule has 3 heterocycles. The van der Waals surface area contributed by atoms with Crippen molar-refractivity contribution in [3.63, 3.8) is 0 Å². The Morgan fingerprint density at radius 1 is 1.43 bits per heavy atom. The maximum Gasteiger partial charge on any atom is 0.247 e. The zero-order chi connectivity index (χ0) is 16.2. The standard InChI is InChI=1S/C16H19N5O2/c1-2-13(20-9-5-7-15(20)22)16(23)19-12-10-18-21(11-12)14-6-3-4-8-17-14/h3-4,6,8,10-11,13H,2,5,7,9H2,1H3,(H,19,23)/t13-/m1/s1. The monoisotopic (exact) mass is 313 g/mol. The fraction of sp³-hybridized carbons (Fsp3) is 0.375. The number of nitrogens with one attached hydrogen (secondary N) is 1. The predicted octanol–water partition coefficient (Wildman–Crippen LogP) is 1.61. The number of likely N-dealkylation sites (tertiary alicyclic amines) is 1. The summed E-state index contributed by atoms with van der Waals surface area (Å²) in [6.45, 7) is 2.56. The summed E-state index contributed by atoms with van der Waals surface area (Å²) in [5.74, 6) is 0.550. The van der Waals surface area contributed by atoms with Crippen molar-refractivity contribution in [3.8, 4) is 5.82 Å². The van der Waals surface area contributed by atoms with E-state index in [0.29, 0.717) is 30.9 Å². The molecule has 1 N–H and O–H groups in total. The molecule has 120 valence electrons. The van der Waals surface area contributed by atoms with Gasteiger partial charge >= 0.3 is 0 Å².